The summed E-state index contributed by atoms with van der Waals surface area (Å²) in [7, 11) is 0. The summed E-state index contributed by atoms with van der Waals surface area (Å²) in [6.45, 7) is 0. The Morgan fingerprint density at radius 1 is 1.20 bits per heavy atom. The Balaban J connectivity index is 1.84. The van der Waals surface area contributed by atoms with Crippen molar-refractivity contribution in [3.05, 3.63) is 35.6 Å². The second kappa shape index (κ2) is 5.80. The van der Waals surface area contributed by atoms with Gasteiger partial charge < -0.3 is 0 Å². The zero-order chi connectivity index (χ0) is 10.5. The third kappa shape index (κ3) is 3.42. The van der Waals surface area contributed by atoms with E-state index in [0.717, 1.165) is 18.4 Å². The molecule has 0 unspecified atom stereocenters. The monoisotopic (exact) mass is 242 g/mol. The number of halogens is 1. The van der Waals surface area contributed by atoms with Crippen LogP contribution in [0.3, 0.4) is 0 Å². The van der Waals surface area contributed by atoms with Crippen LogP contribution < -0.4 is 0 Å². The van der Waals surface area contributed by atoms with Crippen molar-refractivity contribution in [1.29, 1.82) is 0 Å². The molecule has 0 aromatic heterocycles. The highest BCUT2D eigenvalue weighted by Crippen LogP contribution is 2.33. The molecule has 0 amide bonds. The molecule has 0 aliphatic carbocycles. The number of hydrogen-bond donors (Lipinski definition) is 0. The maximum atomic E-state index is 13.3. The van der Waals surface area contributed by atoms with Crippen LogP contribution in [0.2, 0.25) is 0 Å². The Bertz CT molecular complexity index is 308. The molecule has 2 rings (SSSR count). The molecule has 1 aliphatic heterocycles. The number of benzene rings is 1. The van der Waals surface area contributed by atoms with Crippen LogP contribution in [0.4, 0.5) is 4.39 Å². The van der Waals surface area contributed by atoms with Crippen molar-refractivity contribution < 1.29 is 4.39 Å². The lowest BCUT2D eigenvalue weighted by Crippen LogP contribution is -2.08. The van der Waals surface area contributed by atoms with Gasteiger partial charge in [-0.25, -0.2) is 4.39 Å². The van der Waals surface area contributed by atoms with Crippen molar-refractivity contribution >= 4 is 23.5 Å². The summed E-state index contributed by atoms with van der Waals surface area (Å²) in [5.41, 5.74) is 0.865. The number of hydrogen-bond acceptors (Lipinski definition) is 2. The van der Waals surface area contributed by atoms with Gasteiger partial charge in [0, 0.05) is 0 Å². The van der Waals surface area contributed by atoms with Gasteiger partial charge in [0.2, 0.25) is 0 Å². The van der Waals surface area contributed by atoms with Crippen molar-refractivity contribution in [2.24, 2.45) is 0 Å². The minimum absolute atomic E-state index is 0.0525. The van der Waals surface area contributed by atoms with E-state index >= 15 is 0 Å². The van der Waals surface area contributed by atoms with Gasteiger partial charge in [-0.1, -0.05) is 18.2 Å². The highest BCUT2D eigenvalue weighted by atomic mass is 32.2. The van der Waals surface area contributed by atoms with Gasteiger partial charge in [0.15, 0.2) is 0 Å². The van der Waals surface area contributed by atoms with E-state index in [0.29, 0.717) is 4.58 Å². The molecular weight excluding hydrogens is 227 g/mol. The molecule has 0 spiro atoms. The van der Waals surface area contributed by atoms with Crippen molar-refractivity contribution in [2.75, 3.05) is 11.5 Å². The SMILES string of the molecule is Fc1ccccc1CCC1SCCCS1. The molecular formula is C12H15FS2. The average molecular weight is 242 g/mol. The molecule has 0 N–H and O–H groups in total. The first-order valence-corrected chi connectivity index (χ1v) is 7.42. The van der Waals surface area contributed by atoms with E-state index in [9.17, 15) is 4.39 Å². The van der Waals surface area contributed by atoms with E-state index < -0.39 is 0 Å². The Morgan fingerprint density at radius 3 is 2.67 bits per heavy atom. The second-order valence-corrected chi connectivity index (χ2v) is 6.57. The van der Waals surface area contributed by atoms with Gasteiger partial charge in [-0.2, -0.15) is 0 Å². The largest absolute Gasteiger partial charge is 0.207 e. The third-order valence-corrected chi connectivity index (χ3v) is 5.58. The highest BCUT2D eigenvalue weighted by Gasteiger charge is 2.14. The molecule has 0 bridgehead atoms. The van der Waals surface area contributed by atoms with Gasteiger partial charge in [-0.05, 0) is 42.4 Å². The van der Waals surface area contributed by atoms with Crippen LogP contribution in [0.5, 0.6) is 0 Å². The first-order valence-electron chi connectivity index (χ1n) is 5.33. The van der Waals surface area contributed by atoms with Gasteiger partial charge in [-0.15, -0.1) is 23.5 Å². The van der Waals surface area contributed by atoms with Crippen LogP contribution in [-0.4, -0.2) is 16.1 Å². The number of rotatable bonds is 3. The molecule has 0 atom stereocenters. The minimum atomic E-state index is -0.0525. The molecule has 1 aromatic rings. The lowest BCUT2D eigenvalue weighted by molar-refractivity contribution is 0.607. The van der Waals surface area contributed by atoms with Crippen molar-refractivity contribution in [3.63, 3.8) is 0 Å². The predicted molar refractivity (Wildman–Crippen MR) is 68.0 cm³/mol. The molecule has 0 nitrogen and oxygen atoms in total. The summed E-state index contributed by atoms with van der Waals surface area (Å²) in [4.78, 5) is 0. The van der Waals surface area contributed by atoms with Gasteiger partial charge >= 0.3 is 0 Å². The van der Waals surface area contributed by atoms with Gasteiger partial charge in [0.25, 0.3) is 0 Å². The molecule has 1 heterocycles. The summed E-state index contributed by atoms with van der Waals surface area (Å²) in [6.07, 6.45) is 3.29. The lowest BCUT2D eigenvalue weighted by atomic mass is 10.1. The third-order valence-electron chi connectivity index (χ3n) is 2.50. The quantitative estimate of drug-likeness (QED) is 0.787. The normalized spacial score (nSPS) is 17.9. The predicted octanol–water partition coefficient (Wildman–Crippen LogP) is 3.95. The van der Waals surface area contributed by atoms with E-state index in [-0.39, 0.29) is 5.82 Å². The average Bonchev–Trinajstić information content (AvgIpc) is 2.29. The fourth-order valence-electron chi connectivity index (χ4n) is 1.68. The van der Waals surface area contributed by atoms with Crippen LogP contribution in [0.1, 0.15) is 18.4 Å². The first kappa shape index (κ1) is 11.3. The lowest BCUT2D eigenvalue weighted by Gasteiger charge is -2.20. The molecule has 3 heteroatoms. The Labute approximate surface area is 99.0 Å². The molecule has 82 valence electrons. The van der Waals surface area contributed by atoms with E-state index in [1.807, 2.05) is 35.7 Å². The van der Waals surface area contributed by atoms with Crippen LogP contribution in [0.15, 0.2) is 24.3 Å². The van der Waals surface area contributed by atoms with Crippen molar-refractivity contribution in [2.45, 2.75) is 23.8 Å². The van der Waals surface area contributed by atoms with Crippen LogP contribution in [0.25, 0.3) is 0 Å². The minimum Gasteiger partial charge on any atom is -0.207 e. The second-order valence-electron chi connectivity index (χ2n) is 3.65. The maximum absolute atomic E-state index is 13.3. The number of aryl methyl sites for hydroxylation is 1. The molecule has 1 saturated heterocycles. The smallest absolute Gasteiger partial charge is 0.126 e. The molecule has 1 fully saturated rings. The fraction of sp³-hybridized carbons (Fsp3) is 0.500. The zero-order valence-corrected chi connectivity index (χ0v) is 10.2. The zero-order valence-electron chi connectivity index (χ0n) is 8.62. The number of thioether (sulfide) groups is 2. The fourth-order valence-corrected chi connectivity index (χ4v) is 4.54. The van der Waals surface area contributed by atoms with Crippen molar-refractivity contribution in [3.8, 4) is 0 Å². The first-order chi connectivity index (χ1) is 7.36. The van der Waals surface area contributed by atoms with Crippen LogP contribution >= 0.6 is 23.5 Å². The van der Waals surface area contributed by atoms with Crippen LogP contribution in [0, 0.1) is 5.82 Å². The summed E-state index contributed by atoms with van der Waals surface area (Å²) >= 11 is 4.06. The summed E-state index contributed by atoms with van der Waals surface area (Å²) in [5, 5.41) is 0. The molecule has 0 saturated carbocycles. The van der Waals surface area contributed by atoms with Crippen molar-refractivity contribution in [1.82, 2.24) is 0 Å². The maximum Gasteiger partial charge on any atom is 0.126 e. The topological polar surface area (TPSA) is 0 Å². The van der Waals surface area contributed by atoms with Gasteiger partial charge in [-0.3, -0.25) is 0 Å². The van der Waals surface area contributed by atoms with E-state index in [2.05, 4.69) is 0 Å². The molecule has 1 aromatic carbocycles. The standard InChI is InChI=1S/C12H15FS2/c13-11-5-2-1-4-10(11)6-7-12-14-8-3-9-15-12/h1-2,4-5,12H,3,6-9H2. The van der Waals surface area contributed by atoms with E-state index in [4.69, 9.17) is 0 Å². The summed E-state index contributed by atoms with van der Waals surface area (Å²) < 4.78 is 14.0. The molecule has 15 heavy (non-hydrogen) atoms. The Kier molecular flexibility index (Phi) is 4.39. The van der Waals surface area contributed by atoms with E-state index in [1.54, 1.807) is 12.1 Å². The van der Waals surface area contributed by atoms with Gasteiger partial charge in [0.05, 0.1) is 4.58 Å². The summed E-state index contributed by atoms with van der Waals surface area (Å²) in [5.74, 6) is 2.49. The van der Waals surface area contributed by atoms with Gasteiger partial charge in [0.1, 0.15) is 5.82 Å². The molecule has 0 radical (unpaired) electrons. The Hall–Kier alpha value is -0.150. The summed E-state index contributed by atoms with van der Waals surface area (Å²) in [6, 6.07) is 7.12. The van der Waals surface area contributed by atoms with E-state index in [1.165, 1.54) is 17.9 Å². The highest BCUT2D eigenvalue weighted by molar-refractivity contribution is 8.17. The molecule has 1 aliphatic rings. The Morgan fingerprint density at radius 2 is 1.93 bits per heavy atom. The van der Waals surface area contributed by atoms with Crippen LogP contribution in [-0.2, 0) is 6.42 Å².